The van der Waals surface area contributed by atoms with E-state index >= 15 is 0 Å². The summed E-state index contributed by atoms with van der Waals surface area (Å²) >= 11 is 0. The van der Waals surface area contributed by atoms with E-state index in [9.17, 15) is 0 Å². The van der Waals surface area contributed by atoms with Gasteiger partial charge in [0, 0.05) is 26.7 Å². The second-order valence-electron chi connectivity index (χ2n) is 6.33. The molecule has 25 heavy (non-hydrogen) atoms. The molecule has 0 radical (unpaired) electrons. The topological polar surface area (TPSA) is 46.1 Å². The number of likely N-dealkylation sites (tertiary alicyclic amines) is 1. The molecule has 1 aromatic carbocycles. The quantitative estimate of drug-likeness (QED) is 0.292. The summed E-state index contributed by atoms with van der Waals surface area (Å²) in [7, 11) is 1.68. The number of benzene rings is 1. The van der Waals surface area contributed by atoms with E-state index in [2.05, 4.69) is 36.2 Å². The number of guanidine groups is 1. The van der Waals surface area contributed by atoms with Gasteiger partial charge in [0.05, 0.1) is 13.2 Å². The smallest absolute Gasteiger partial charge is 0.194 e. The monoisotopic (exact) mass is 461 g/mol. The Labute approximate surface area is 169 Å². The number of nitrogens with one attached hydrogen (secondary N) is 1. The van der Waals surface area contributed by atoms with Crippen LogP contribution in [-0.4, -0.2) is 50.8 Å². The molecule has 1 aliphatic heterocycles. The van der Waals surface area contributed by atoms with E-state index in [0.29, 0.717) is 19.8 Å². The fourth-order valence-electron chi connectivity index (χ4n) is 2.79. The number of methoxy groups -OCH3 is 1. The Morgan fingerprint density at radius 2 is 2.04 bits per heavy atom. The van der Waals surface area contributed by atoms with Crippen LogP contribution in [0.25, 0.3) is 0 Å². The molecule has 142 valence electrons. The minimum Gasteiger partial charge on any atom is -0.491 e. The average Bonchev–Trinajstić information content (AvgIpc) is 2.60. The number of hydrogen-bond donors (Lipinski definition) is 1. The molecule has 1 aliphatic rings. The van der Waals surface area contributed by atoms with Gasteiger partial charge in [-0.25, -0.2) is 4.99 Å². The van der Waals surface area contributed by atoms with E-state index in [4.69, 9.17) is 14.5 Å². The van der Waals surface area contributed by atoms with Crippen LogP contribution < -0.4 is 10.1 Å². The Bertz CT molecular complexity index is 517. The highest BCUT2D eigenvalue weighted by Gasteiger charge is 2.18. The second kappa shape index (κ2) is 12.4. The second-order valence-corrected chi connectivity index (χ2v) is 6.33. The van der Waals surface area contributed by atoms with Gasteiger partial charge in [-0.3, -0.25) is 0 Å². The Morgan fingerprint density at radius 1 is 1.28 bits per heavy atom. The lowest BCUT2D eigenvalue weighted by Gasteiger charge is -2.33. The summed E-state index contributed by atoms with van der Waals surface area (Å²) in [5, 5.41) is 3.42. The Kier molecular flexibility index (Phi) is 10.9. The first-order chi connectivity index (χ1) is 11.7. The van der Waals surface area contributed by atoms with E-state index in [1.165, 1.54) is 12.8 Å². The van der Waals surface area contributed by atoms with Gasteiger partial charge in [-0.1, -0.05) is 19.1 Å². The van der Waals surface area contributed by atoms with Crippen molar-refractivity contribution in [2.75, 3.05) is 40.0 Å². The molecule has 0 aliphatic carbocycles. The highest BCUT2D eigenvalue weighted by atomic mass is 127. The first-order valence-electron chi connectivity index (χ1n) is 8.97. The number of piperidine rings is 1. The van der Waals surface area contributed by atoms with E-state index in [1.54, 1.807) is 7.11 Å². The van der Waals surface area contributed by atoms with Crippen LogP contribution in [0, 0.1) is 5.92 Å². The van der Waals surface area contributed by atoms with Gasteiger partial charge in [-0.05, 0) is 43.4 Å². The van der Waals surface area contributed by atoms with Gasteiger partial charge in [-0.2, -0.15) is 0 Å². The Morgan fingerprint density at radius 3 is 2.72 bits per heavy atom. The minimum absolute atomic E-state index is 0. The van der Waals surface area contributed by atoms with Crippen LogP contribution in [0.3, 0.4) is 0 Å². The van der Waals surface area contributed by atoms with Crippen LogP contribution in [-0.2, 0) is 11.3 Å². The molecule has 0 unspecified atom stereocenters. The normalized spacial score (nSPS) is 15.6. The zero-order chi connectivity index (χ0) is 17.2. The lowest BCUT2D eigenvalue weighted by Crippen LogP contribution is -2.45. The third-order valence-electron chi connectivity index (χ3n) is 4.28. The SMILES string of the molecule is CCNC(=NCc1cccc(OCCOC)c1)N1CCC(C)CC1.I. The molecule has 0 amide bonds. The maximum atomic E-state index is 5.67. The molecule has 0 bridgehead atoms. The number of aliphatic imine (C=N–C) groups is 1. The molecule has 2 rings (SSSR count). The van der Waals surface area contributed by atoms with E-state index in [1.807, 2.05) is 12.1 Å². The maximum Gasteiger partial charge on any atom is 0.194 e. The summed E-state index contributed by atoms with van der Waals surface area (Å²) < 4.78 is 10.7. The minimum atomic E-state index is 0. The van der Waals surface area contributed by atoms with Gasteiger partial charge >= 0.3 is 0 Å². The predicted octanol–water partition coefficient (Wildman–Crippen LogP) is 3.53. The molecule has 6 heteroatoms. The van der Waals surface area contributed by atoms with Crippen molar-refractivity contribution in [3.8, 4) is 5.75 Å². The molecule has 1 aromatic rings. The van der Waals surface area contributed by atoms with Gasteiger partial charge in [-0.15, -0.1) is 24.0 Å². The molecule has 1 N–H and O–H groups in total. The highest BCUT2D eigenvalue weighted by Crippen LogP contribution is 2.17. The molecular formula is C19H32IN3O2. The first-order valence-corrected chi connectivity index (χ1v) is 8.97. The van der Waals surface area contributed by atoms with Gasteiger partial charge in [0.15, 0.2) is 5.96 Å². The summed E-state index contributed by atoms with van der Waals surface area (Å²) in [6.45, 7) is 9.35. The molecule has 5 nitrogen and oxygen atoms in total. The molecule has 0 aromatic heterocycles. The fraction of sp³-hybridized carbons (Fsp3) is 0.632. The van der Waals surface area contributed by atoms with Crippen LogP contribution in [0.1, 0.15) is 32.3 Å². The molecule has 0 spiro atoms. The van der Waals surface area contributed by atoms with Crippen LogP contribution in [0.4, 0.5) is 0 Å². The first kappa shape index (κ1) is 22.0. The highest BCUT2D eigenvalue weighted by molar-refractivity contribution is 14.0. The van der Waals surface area contributed by atoms with Gasteiger partial charge in [0.25, 0.3) is 0 Å². The largest absolute Gasteiger partial charge is 0.491 e. The van der Waals surface area contributed by atoms with Crippen molar-refractivity contribution < 1.29 is 9.47 Å². The van der Waals surface area contributed by atoms with Crippen molar-refractivity contribution in [2.45, 2.75) is 33.2 Å². The zero-order valence-corrected chi connectivity index (χ0v) is 18.0. The van der Waals surface area contributed by atoms with Crippen molar-refractivity contribution in [3.63, 3.8) is 0 Å². The molecule has 1 fully saturated rings. The van der Waals surface area contributed by atoms with Crippen LogP contribution in [0.5, 0.6) is 5.75 Å². The standard InChI is InChI=1S/C19H31N3O2.HI/c1-4-20-19(22-10-8-16(2)9-11-22)21-15-17-6-5-7-18(14-17)24-13-12-23-3;/h5-7,14,16H,4,8-13,15H2,1-3H3,(H,20,21);1H. The number of nitrogens with zero attached hydrogens (tertiary/aromatic N) is 2. The van der Waals surface area contributed by atoms with E-state index < -0.39 is 0 Å². The number of hydrogen-bond acceptors (Lipinski definition) is 3. The molecule has 1 heterocycles. The summed E-state index contributed by atoms with van der Waals surface area (Å²) in [5.74, 6) is 2.72. The number of halogens is 1. The van der Waals surface area contributed by atoms with Crippen LogP contribution in [0.2, 0.25) is 0 Å². The van der Waals surface area contributed by atoms with E-state index in [0.717, 1.165) is 42.8 Å². The van der Waals surface area contributed by atoms with Crippen molar-refractivity contribution in [1.29, 1.82) is 0 Å². The molecule has 1 saturated heterocycles. The third-order valence-corrected chi connectivity index (χ3v) is 4.28. The number of ether oxygens (including phenoxy) is 2. The van der Waals surface area contributed by atoms with Crippen molar-refractivity contribution >= 4 is 29.9 Å². The Balaban J connectivity index is 0.00000312. The van der Waals surface area contributed by atoms with Crippen molar-refractivity contribution in [1.82, 2.24) is 10.2 Å². The maximum absolute atomic E-state index is 5.67. The van der Waals surface area contributed by atoms with Crippen LogP contribution >= 0.6 is 24.0 Å². The Hall–Kier alpha value is -1.02. The van der Waals surface area contributed by atoms with Crippen molar-refractivity contribution in [2.24, 2.45) is 10.9 Å². The number of rotatable bonds is 7. The van der Waals surface area contributed by atoms with E-state index in [-0.39, 0.29) is 24.0 Å². The van der Waals surface area contributed by atoms with Gasteiger partial charge in [0.1, 0.15) is 12.4 Å². The zero-order valence-electron chi connectivity index (χ0n) is 15.7. The molecular weight excluding hydrogens is 429 g/mol. The molecule has 0 atom stereocenters. The summed E-state index contributed by atoms with van der Waals surface area (Å²) in [5.41, 5.74) is 1.16. The predicted molar refractivity (Wildman–Crippen MR) is 114 cm³/mol. The average molecular weight is 461 g/mol. The third kappa shape index (κ3) is 7.81. The van der Waals surface area contributed by atoms with Gasteiger partial charge in [0.2, 0.25) is 0 Å². The van der Waals surface area contributed by atoms with Gasteiger partial charge < -0.3 is 19.7 Å². The van der Waals surface area contributed by atoms with Crippen molar-refractivity contribution in [3.05, 3.63) is 29.8 Å². The summed E-state index contributed by atoms with van der Waals surface area (Å²) in [4.78, 5) is 7.20. The summed E-state index contributed by atoms with van der Waals surface area (Å²) in [6.07, 6.45) is 2.49. The summed E-state index contributed by atoms with van der Waals surface area (Å²) in [6, 6.07) is 8.14. The lowest BCUT2D eigenvalue weighted by molar-refractivity contribution is 0.146. The van der Waals surface area contributed by atoms with Crippen LogP contribution in [0.15, 0.2) is 29.3 Å². The fourth-order valence-corrected chi connectivity index (χ4v) is 2.79. The lowest BCUT2D eigenvalue weighted by atomic mass is 10.00. The molecule has 0 saturated carbocycles.